The lowest BCUT2D eigenvalue weighted by atomic mass is 9.35. The highest BCUT2D eigenvalue weighted by Gasteiger charge is 2.57. The summed E-state index contributed by atoms with van der Waals surface area (Å²) in [6, 6.07) is 147. The lowest BCUT2D eigenvalue weighted by molar-refractivity contribution is 0.488. The second kappa shape index (κ2) is 23.1. The zero-order chi connectivity index (χ0) is 69.0. The van der Waals surface area contributed by atoms with E-state index in [2.05, 4.69) is 398 Å². The smallest absolute Gasteiger partial charge is 0.250 e. The third kappa shape index (κ3) is 8.23. The number of nitrogens with zero attached hydrogens (tertiary/aromatic N) is 2. The van der Waals surface area contributed by atoms with E-state index in [1.165, 1.54) is 97.4 Å². The molecule has 16 aromatic carbocycles. The molecule has 0 saturated carbocycles. The molecule has 0 N–H and O–H groups in total. The highest BCUT2D eigenvalue weighted by Crippen LogP contribution is 2.67. The van der Waals surface area contributed by atoms with Crippen molar-refractivity contribution >= 4 is 138 Å². The summed E-state index contributed by atoms with van der Waals surface area (Å²) in [6.45, 7) is -0.201. The first-order chi connectivity index (χ1) is 52.1. The molecule has 6 aliphatic rings. The van der Waals surface area contributed by atoms with Crippen molar-refractivity contribution in [1.29, 1.82) is 0 Å². The monoisotopic (exact) mass is 1370 g/mol. The summed E-state index contributed by atoms with van der Waals surface area (Å²) in [5, 5.41) is 10.8. The molecule has 0 saturated heterocycles. The summed E-state index contributed by atoms with van der Waals surface area (Å²) in [7, 11) is -5.92. The van der Waals surface area contributed by atoms with Crippen molar-refractivity contribution in [3.63, 3.8) is 0 Å². The van der Waals surface area contributed by atoms with Crippen LogP contribution >= 0.6 is 0 Å². The Morgan fingerprint density at radius 2 is 0.533 bits per heavy atom. The average molecular weight is 1370 g/mol. The second-order valence-electron chi connectivity index (χ2n) is 28.7. The van der Waals surface area contributed by atoms with Crippen molar-refractivity contribution < 1.29 is 9.47 Å². The zero-order valence-electron chi connectivity index (χ0n) is 57.3. The number of rotatable bonds is 8. The summed E-state index contributed by atoms with van der Waals surface area (Å²) >= 11 is 0. The third-order valence-corrected chi connectivity index (χ3v) is 33.6. The van der Waals surface area contributed by atoms with Crippen LogP contribution in [0.25, 0.3) is 22.3 Å². The van der Waals surface area contributed by atoms with Crippen LogP contribution in [0.1, 0.15) is 22.3 Å². The van der Waals surface area contributed by atoms with Gasteiger partial charge in [-0.1, -0.05) is 339 Å². The van der Waals surface area contributed by atoms with Crippen LogP contribution in [0.5, 0.6) is 23.0 Å². The van der Waals surface area contributed by atoms with E-state index >= 15 is 0 Å². The van der Waals surface area contributed by atoms with E-state index in [0.717, 1.165) is 78.5 Å². The summed E-state index contributed by atoms with van der Waals surface area (Å²) in [5.41, 5.74) is 22.2. The lowest BCUT2D eigenvalue weighted by Crippen LogP contribution is -2.77. The van der Waals surface area contributed by atoms with Gasteiger partial charge >= 0.3 is 0 Å². The normalized spacial score (nSPS) is 14.8. The molecule has 16 aromatic rings. The predicted octanol–water partition coefficient (Wildman–Crippen LogP) is 13.6. The van der Waals surface area contributed by atoms with Gasteiger partial charge in [-0.15, -0.1) is 0 Å². The van der Waals surface area contributed by atoms with Gasteiger partial charge in [0.1, 0.15) is 23.0 Å². The maximum Gasteiger partial charge on any atom is 0.250 e. The van der Waals surface area contributed by atoms with Crippen molar-refractivity contribution in [2.75, 3.05) is 9.80 Å². The van der Waals surface area contributed by atoms with Gasteiger partial charge in [-0.05, 0) is 157 Å². The second-order valence-corrected chi connectivity index (χ2v) is 36.2. The van der Waals surface area contributed by atoms with Crippen LogP contribution in [-0.4, -0.2) is 29.6 Å². The van der Waals surface area contributed by atoms with E-state index in [-0.39, 0.29) is 13.4 Å². The van der Waals surface area contributed by atoms with Crippen LogP contribution in [-0.2, 0) is 5.41 Å². The number of hydrogen-bond acceptors (Lipinski definition) is 4. The number of benzene rings is 16. The van der Waals surface area contributed by atoms with Gasteiger partial charge in [0, 0.05) is 45.3 Å². The third-order valence-electron chi connectivity index (χ3n) is 23.8. The van der Waals surface area contributed by atoms with Crippen LogP contribution in [0.2, 0.25) is 0 Å². The Labute approximate surface area is 614 Å². The molecule has 0 amide bonds. The molecule has 0 radical (unpaired) electrons. The van der Waals surface area contributed by atoms with Gasteiger partial charge in [-0.2, -0.15) is 0 Å². The van der Waals surface area contributed by atoms with E-state index in [4.69, 9.17) is 9.47 Å². The zero-order valence-corrected chi connectivity index (χ0v) is 59.3. The summed E-state index contributed by atoms with van der Waals surface area (Å²) in [5.74, 6) is 3.51. The SMILES string of the molecule is c1ccc(B2c3ccccc3Oc3c2ccc2c3-c3cc(N4c5ccccc5[Si](c5ccccc5)(c5ccccc5)c5ccccc54)ccc3C23c2ccc(N4c5ccccc5[Si](c5ccccc5)(c5ccccc5)c5ccccc54)cc2-c2c3ccc3c2Oc2ccccc2B3c2ccccc2)cc1. The Kier molecular flexibility index (Phi) is 13.2. The number of anilines is 6. The molecule has 2 aliphatic carbocycles. The fourth-order valence-electron chi connectivity index (χ4n) is 19.9. The van der Waals surface area contributed by atoms with Gasteiger partial charge in [-0.3, -0.25) is 0 Å². The van der Waals surface area contributed by atoms with E-state index in [0.29, 0.717) is 0 Å². The van der Waals surface area contributed by atoms with Crippen molar-refractivity contribution in [2.45, 2.75) is 5.41 Å². The fourth-order valence-corrected chi connectivity index (χ4v) is 30.1. The summed E-state index contributed by atoms with van der Waals surface area (Å²) in [6.07, 6.45) is 0. The molecule has 8 heteroatoms. The number of fused-ring (bicyclic) bond motifs is 20. The highest BCUT2D eigenvalue weighted by molar-refractivity contribution is 7.22. The molecule has 4 heterocycles. The van der Waals surface area contributed by atoms with Gasteiger partial charge in [0.2, 0.25) is 0 Å². The number of hydrogen-bond donors (Lipinski definition) is 0. The molecule has 0 atom stereocenters. The molecular weight excluding hydrogens is 1300 g/mol. The fraction of sp³-hybridized carbons (Fsp3) is 0.0103. The maximum atomic E-state index is 7.73. The van der Waals surface area contributed by atoms with Gasteiger partial charge < -0.3 is 19.3 Å². The van der Waals surface area contributed by atoms with Crippen molar-refractivity contribution in [3.8, 4) is 45.3 Å². The standard InChI is InChI=1S/C97H64B2N2O2Si2/c1-7-31-65(32-8-1)98-79-43-19-25-49-87(79)102-95-81(98)61-59-77-93(95)73-63-67(100-83-45-21-27-51-89(83)104(69-35-11-3-12-36-69,70-37-13-4-14-38-70)90-52-28-22-46-84(90)100)55-57-75(73)97(77)76-58-56-68(64-74(76)94-78(97)60-62-82-96(94)103-88-50-26-20-44-80(88)99(82)66-33-9-2-10-34-66)101-85-47-23-29-53-91(85)105(71-39-15-5-16-40-71,72-41-17-6-18-42-72)92-54-30-24-48-86(92)101/h1-64H. The van der Waals surface area contributed by atoms with E-state index in [1.54, 1.807) is 0 Å². The molecule has 105 heavy (non-hydrogen) atoms. The molecule has 0 aromatic heterocycles. The first kappa shape index (κ1) is 59.9. The molecule has 0 bridgehead atoms. The molecule has 4 nitrogen and oxygen atoms in total. The maximum absolute atomic E-state index is 7.73. The lowest BCUT2D eigenvalue weighted by Gasteiger charge is -2.45. The Bertz CT molecular complexity index is 5660. The largest absolute Gasteiger partial charge is 0.458 e. The van der Waals surface area contributed by atoms with E-state index in [9.17, 15) is 0 Å². The average Bonchev–Trinajstić information content (AvgIpc) is 1.55. The Morgan fingerprint density at radius 3 is 0.876 bits per heavy atom. The number of para-hydroxylation sites is 6. The van der Waals surface area contributed by atoms with E-state index < -0.39 is 21.6 Å². The topological polar surface area (TPSA) is 24.9 Å². The number of ether oxygens (including phenoxy) is 2. The quantitative estimate of drug-likeness (QED) is 0.142. The molecular formula is C97H64B2N2O2Si2. The molecule has 1 spiro atoms. The first-order valence-corrected chi connectivity index (χ1v) is 40.6. The minimum absolute atomic E-state index is 0.100. The first-order valence-electron chi connectivity index (χ1n) is 36.6. The summed E-state index contributed by atoms with van der Waals surface area (Å²) < 4.78 is 15.5. The minimum atomic E-state index is -2.96. The minimum Gasteiger partial charge on any atom is -0.458 e. The Morgan fingerprint density at radius 1 is 0.248 bits per heavy atom. The predicted molar refractivity (Wildman–Crippen MR) is 442 cm³/mol. The molecule has 22 rings (SSSR count). The molecule has 0 fully saturated rings. The van der Waals surface area contributed by atoms with Gasteiger partial charge in [0.05, 0.1) is 5.41 Å². The highest BCUT2D eigenvalue weighted by atomic mass is 28.3. The van der Waals surface area contributed by atoms with Crippen LogP contribution < -0.4 is 93.5 Å². The Hall–Kier alpha value is -12.7. The van der Waals surface area contributed by atoms with Crippen LogP contribution in [0, 0.1) is 0 Å². The molecule has 4 aliphatic heterocycles. The summed E-state index contributed by atoms with van der Waals surface area (Å²) in [4.78, 5) is 5.14. The van der Waals surface area contributed by atoms with Crippen molar-refractivity contribution in [3.05, 3.63) is 411 Å². The van der Waals surface area contributed by atoms with Gasteiger partial charge in [0.25, 0.3) is 13.4 Å². The van der Waals surface area contributed by atoms with E-state index in [1.807, 2.05) is 0 Å². The molecule has 488 valence electrons. The van der Waals surface area contributed by atoms with Crippen LogP contribution in [0.4, 0.5) is 34.1 Å². The van der Waals surface area contributed by atoms with Crippen molar-refractivity contribution in [1.82, 2.24) is 0 Å². The van der Waals surface area contributed by atoms with Gasteiger partial charge in [-0.25, -0.2) is 0 Å². The van der Waals surface area contributed by atoms with Gasteiger partial charge in [0.15, 0.2) is 16.1 Å². The molecule has 0 unspecified atom stereocenters. The Balaban J connectivity index is 0.834. The van der Waals surface area contributed by atoms with Crippen LogP contribution in [0.15, 0.2) is 388 Å². The van der Waals surface area contributed by atoms with Crippen molar-refractivity contribution in [2.24, 2.45) is 0 Å². The van der Waals surface area contributed by atoms with Crippen LogP contribution in [0.3, 0.4) is 0 Å².